The number of thioether (sulfide) groups is 1. The number of nitrogens with zero attached hydrogens (tertiary/aromatic N) is 1. The van der Waals surface area contributed by atoms with E-state index in [2.05, 4.69) is 6.08 Å². The number of likely N-dealkylation sites (tertiary alicyclic amines) is 1. The van der Waals surface area contributed by atoms with Crippen LogP contribution in [0, 0.1) is 23.2 Å². The SMILES string of the molecule is C[C@H](c1ccccc1)N1CC2C=C3SC=CC3[C@@](C)(C(=O)O)[C@@H]2C1=O. The molecule has 1 N–H and O–H groups in total. The molecule has 25 heavy (non-hydrogen) atoms. The lowest BCUT2D eigenvalue weighted by Gasteiger charge is -2.41. The number of hydrogen-bond acceptors (Lipinski definition) is 3. The van der Waals surface area contributed by atoms with Gasteiger partial charge in [0.15, 0.2) is 0 Å². The number of amides is 1. The number of aliphatic carboxylic acids is 1. The molecule has 2 aliphatic heterocycles. The summed E-state index contributed by atoms with van der Waals surface area (Å²) in [5, 5.41) is 12.0. The van der Waals surface area contributed by atoms with Crippen molar-refractivity contribution in [2.45, 2.75) is 19.9 Å². The summed E-state index contributed by atoms with van der Waals surface area (Å²) in [6.45, 7) is 4.35. The van der Waals surface area contributed by atoms with Crippen LogP contribution in [0.1, 0.15) is 25.5 Å². The first-order chi connectivity index (χ1) is 11.9. The van der Waals surface area contributed by atoms with Crippen molar-refractivity contribution in [3.05, 3.63) is 58.4 Å². The van der Waals surface area contributed by atoms with Gasteiger partial charge in [0.25, 0.3) is 0 Å². The highest BCUT2D eigenvalue weighted by Crippen LogP contribution is 2.57. The molecule has 130 valence electrons. The van der Waals surface area contributed by atoms with Gasteiger partial charge in [-0.05, 0) is 29.7 Å². The fourth-order valence-corrected chi connectivity index (χ4v) is 5.68. The third-order valence-corrected chi connectivity index (χ3v) is 7.00. The molecule has 0 aromatic heterocycles. The lowest BCUT2D eigenvalue weighted by molar-refractivity contribution is -0.159. The predicted molar refractivity (Wildman–Crippen MR) is 97.6 cm³/mol. The van der Waals surface area contributed by atoms with E-state index in [1.54, 1.807) is 18.7 Å². The maximum atomic E-state index is 13.3. The summed E-state index contributed by atoms with van der Waals surface area (Å²) in [7, 11) is 0. The first kappa shape index (κ1) is 16.5. The van der Waals surface area contributed by atoms with Crippen molar-refractivity contribution in [2.75, 3.05) is 6.54 Å². The van der Waals surface area contributed by atoms with Gasteiger partial charge >= 0.3 is 5.97 Å². The van der Waals surface area contributed by atoms with Crippen LogP contribution in [0.15, 0.2) is 52.8 Å². The lowest BCUT2D eigenvalue weighted by atomic mass is 9.61. The maximum Gasteiger partial charge on any atom is 0.311 e. The van der Waals surface area contributed by atoms with Crippen molar-refractivity contribution in [3.63, 3.8) is 0 Å². The van der Waals surface area contributed by atoms with Crippen LogP contribution in [0.2, 0.25) is 0 Å². The third-order valence-electron chi connectivity index (χ3n) is 6.05. The Hall–Kier alpha value is -2.01. The molecule has 2 unspecified atom stereocenters. The van der Waals surface area contributed by atoms with Gasteiger partial charge in [-0.3, -0.25) is 9.59 Å². The first-order valence-corrected chi connectivity index (χ1v) is 9.46. The zero-order valence-corrected chi connectivity index (χ0v) is 15.1. The van der Waals surface area contributed by atoms with Crippen LogP contribution in [0.3, 0.4) is 0 Å². The Morgan fingerprint density at radius 3 is 2.76 bits per heavy atom. The Morgan fingerprint density at radius 1 is 1.36 bits per heavy atom. The molecule has 0 radical (unpaired) electrons. The highest BCUT2D eigenvalue weighted by Gasteiger charge is 2.61. The van der Waals surface area contributed by atoms with Gasteiger partial charge in [0.1, 0.15) is 0 Å². The van der Waals surface area contributed by atoms with Crippen LogP contribution in [0.4, 0.5) is 0 Å². The number of allylic oxidation sites excluding steroid dienone is 2. The maximum absolute atomic E-state index is 13.3. The van der Waals surface area contributed by atoms with Crippen molar-refractivity contribution < 1.29 is 14.7 Å². The minimum absolute atomic E-state index is 0.0353. The van der Waals surface area contributed by atoms with Gasteiger partial charge in [-0.15, -0.1) is 11.8 Å². The summed E-state index contributed by atoms with van der Waals surface area (Å²) in [5.74, 6) is -1.67. The Bertz CT molecular complexity index is 787. The molecule has 1 aromatic carbocycles. The molecule has 0 bridgehead atoms. The topological polar surface area (TPSA) is 57.6 Å². The average molecular weight is 355 g/mol. The van der Waals surface area contributed by atoms with E-state index in [0.717, 1.165) is 10.5 Å². The molecule has 2 heterocycles. The van der Waals surface area contributed by atoms with E-state index in [1.807, 2.05) is 53.6 Å². The molecule has 1 amide bonds. The van der Waals surface area contributed by atoms with Gasteiger partial charge in [0.2, 0.25) is 5.91 Å². The first-order valence-electron chi connectivity index (χ1n) is 8.58. The second kappa shape index (κ2) is 5.77. The smallest absolute Gasteiger partial charge is 0.311 e. The Labute approximate surface area is 151 Å². The van der Waals surface area contributed by atoms with E-state index >= 15 is 0 Å². The zero-order chi connectivity index (χ0) is 17.8. The summed E-state index contributed by atoms with van der Waals surface area (Å²) in [4.78, 5) is 28.4. The second-order valence-corrected chi connectivity index (χ2v) is 8.28. The minimum Gasteiger partial charge on any atom is -0.481 e. The number of benzene rings is 1. The molecule has 0 saturated carbocycles. The lowest BCUT2D eigenvalue weighted by Crippen LogP contribution is -2.49. The molecule has 1 aliphatic carbocycles. The third kappa shape index (κ3) is 2.29. The van der Waals surface area contributed by atoms with Crippen LogP contribution < -0.4 is 0 Å². The van der Waals surface area contributed by atoms with Crippen molar-refractivity contribution in [1.82, 2.24) is 4.90 Å². The quantitative estimate of drug-likeness (QED) is 0.898. The zero-order valence-electron chi connectivity index (χ0n) is 14.3. The standard InChI is InChI=1S/C20H21NO3S/c1-12(13-6-4-3-5-7-13)21-11-14-10-16-15(8-9-25-16)20(2,19(23)24)17(14)18(21)22/h3-10,12,14-15,17H,11H2,1-2H3,(H,23,24)/t12-,14?,15?,17+,20-/m1/s1. The van der Waals surface area contributed by atoms with Crippen LogP contribution >= 0.6 is 11.8 Å². The number of fused-ring (bicyclic) bond motifs is 2. The Balaban J connectivity index is 1.72. The number of hydrogen-bond donors (Lipinski definition) is 1. The van der Waals surface area contributed by atoms with Crippen LogP contribution in [0.25, 0.3) is 0 Å². The molecule has 5 heteroatoms. The van der Waals surface area contributed by atoms with E-state index in [0.29, 0.717) is 6.54 Å². The molecule has 0 spiro atoms. The number of carboxylic acids is 1. The molecule has 5 atom stereocenters. The molecular weight excluding hydrogens is 334 g/mol. The van der Waals surface area contributed by atoms with Gasteiger partial charge < -0.3 is 10.0 Å². The van der Waals surface area contributed by atoms with Crippen molar-refractivity contribution in [1.29, 1.82) is 0 Å². The normalized spacial score (nSPS) is 34.5. The van der Waals surface area contributed by atoms with Crippen LogP contribution in [0.5, 0.6) is 0 Å². The number of carboxylic acid groups (broad SMARTS) is 1. The molecule has 1 saturated heterocycles. The molecule has 4 nitrogen and oxygen atoms in total. The van der Waals surface area contributed by atoms with Crippen LogP contribution in [-0.2, 0) is 9.59 Å². The van der Waals surface area contributed by atoms with Gasteiger partial charge in [-0.1, -0.05) is 42.5 Å². The number of carbonyl (C=O) groups is 2. The van der Waals surface area contributed by atoms with Crippen molar-refractivity contribution in [3.8, 4) is 0 Å². The fourth-order valence-electron chi connectivity index (χ4n) is 4.57. The molecule has 1 fully saturated rings. The van der Waals surface area contributed by atoms with E-state index in [1.165, 1.54) is 0 Å². The summed E-state index contributed by atoms with van der Waals surface area (Å²) < 4.78 is 0. The highest BCUT2D eigenvalue weighted by atomic mass is 32.2. The van der Waals surface area contributed by atoms with Gasteiger partial charge in [0, 0.05) is 18.4 Å². The second-order valence-electron chi connectivity index (χ2n) is 7.30. The van der Waals surface area contributed by atoms with E-state index < -0.39 is 17.3 Å². The summed E-state index contributed by atoms with van der Waals surface area (Å²) in [6.07, 6.45) is 4.08. The van der Waals surface area contributed by atoms with Crippen molar-refractivity contribution in [2.24, 2.45) is 23.2 Å². The largest absolute Gasteiger partial charge is 0.481 e. The van der Waals surface area contributed by atoms with Crippen LogP contribution in [-0.4, -0.2) is 28.4 Å². The van der Waals surface area contributed by atoms with Crippen molar-refractivity contribution >= 4 is 23.6 Å². The number of carbonyl (C=O) groups excluding carboxylic acids is 1. The van der Waals surface area contributed by atoms with Gasteiger partial charge in [-0.25, -0.2) is 0 Å². The summed E-state index contributed by atoms with van der Waals surface area (Å²) in [5.41, 5.74) is -0.00887. The Morgan fingerprint density at radius 2 is 2.08 bits per heavy atom. The van der Waals surface area contributed by atoms with E-state index in [4.69, 9.17) is 0 Å². The summed E-state index contributed by atoms with van der Waals surface area (Å²) >= 11 is 1.59. The molecule has 4 rings (SSSR count). The molecular formula is C20H21NO3S. The predicted octanol–water partition coefficient (Wildman–Crippen LogP) is 3.69. The van der Waals surface area contributed by atoms with Gasteiger partial charge in [-0.2, -0.15) is 0 Å². The fraction of sp³-hybridized carbons (Fsp3) is 0.400. The molecule has 3 aliphatic rings. The van der Waals surface area contributed by atoms with E-state index in [9.17, 15) is 14.7 Å². The average Bonchev–Trinajstić information content (AvgIpc) is 3.20. The highest BCUT2D eigenvalue weighted by molar-refractivity contribution is 8.06. The summed E-state index contributed by atoms with van der Waals surface area (Å²) in [6, 6.07) is 9.87. The monoisotopic (exact) mass is 355 g/mol. The Kier molecular flexibility index (Phi) is 3.80. The number of rotatable bonds is 3. The molecule has 1 aromatic rings. The van der Waals surface area contributed by atoms with Gasteiger partial charge in [0.05, 0.1) is 17.4 Å². The van der Waals surface area contributed by atoms with E-state index in [-0.39, 0.29) is 23.8 Å². The minimum atomic E-state index is -1.09.